The highest BCUT2D eigenvalue weighted by Crippen LogP contribution is 2.34. The van der Waals surface area contributed by atoms with Gasteiger partial charge in [-0.3, -0.25) is 14.5 Å². The molecule has 2 atom stereocenters. The summed E-state index contributed by atoms with van der Waals surface area (Å²) in [5.41, 5.74) is -1.59. The number of amides is 2. The van der Waals surface area contributed by atoms with Crippen molar-refractivity contribution < 1.29 is 23.9 Å². The van der Waals surface area contributed by atoms with Crippen LogP contribution in [0.1, 0.15) is 41.5 Å². The predicted octanol–water partition coefficient (Wildman–Crippen LogP) is 1.77. The summed E-state index contributed by atoms with van der Waals surface area (Å²) in [6.45, 7) is 10.5. The van der Waals surface area contributed by atoms with E-state index in [2.05, 4.69) is 0 Å². The van der Waals surface area contributed by atoms with Crippen LogP contribution in [-0.2, 0) is 19.1 Å². The molecule has 122 valence electrons. The average molecular weight is 302 g/mol. The van der Waals surface area contributed by atoms with E-state index >= 15 is 0 Å². The maximum absolute atomic E-state index is 12.5. The van der Waals surface area contributed by atoms with Gasteiger partial charge in [-0.25, -0.2) is 9.86 Å². The highest BCUT2D eigenvalue weighted by molar-refractivity contribution is 5.86. The van der Waals surface area contributed by atoms with Crippen LogP contribution in [0.5, 0.6) is 0 Å². The van der Waals surface area contributed by atoms with Gasteiger partial charge in [0, 0.05) is 7.05 Å². The van der Waals surface area contributed by atoms with E-state index in [1.165, 1.54) is 19.1 Å². The van der Waals surface area contributed by atoms with Crippen molar-refractivity contribution >= 4 is 12.0 Å². The molecular weight excluding hydrogens is 276 g/mol. The predicted molar refractivity (Wildman–Crippen MR) is 76.3 cm³/mol. The Labute approximate surface area is 126 Å². The molecule has 0 aliphatic carbocycles. The lowest BCUT2D eigenvalue weighted by Crippen LogP contribution is -2.55. The first kappa shape index (κ1) is 17.7. The third-order valence-electron chi connectivity index (χ3n) is 3.20. The summed E-state index contributed by atoms with van der Waals surface area (Å²) in [6, 6.07) is -0.792. The summed E-state index contributed by atoms with van der Waals surface area (Å²) in [5.74, 6) is -0.360. The molecule has 1 fully saturated rings. The third kappa shape index (κ3) is 3.85. The van der Waals surface area contributed by atoms with Crippen molar-refractivity contribution in [3.63, 3.8) is 0 Å². The van der Waals surface area contributed by atoms with Gasteiger partial charge in [0.2, 0.25) is 0 Å². The van der Waals surface area contributed by atoms with Crippen LogP contribution in [0.15, 0.2) is 0 Å². The minimum absolute atomic E-state index is 0.360. The Balaban J connectivity index is 3.09. The maximum atomic E-state index is 12.5. The molecule has 1 aliphatic heterocycles. The molecule has 7 heteroatoms. The molecular formula is C14H26N2O5. The van der Waals surface area contributed by atoms with E-state index in [9.17, 15) is 9.59 Å². The number of likely N-dealkylation sites (N-methyl/N-ethyl adjacent to an activating group) is 1. The summed E-state index contributed by atoms with van der Waals surface area (Å²) >= 11 is 0. The number of hydrogen-bond donors (Lipinski definition) is 0. The number of hydroxylamine groups is 2. The number of ether oxygens (including phenoxy) is 2. The minimum Gasteiger partial charge on any atom is -0.444 e. The monoisotopic (exact) mass is 302 g/mol. The fraction of sp³-hybridized carbons (Fsp3) is 0.857. The third-order valence-corrected chi connectivity index (χ3v) is 3.20. The SMILES string of the molecule is CON(C)C(=O)[C@@H]1[C@H](C)OC(C)(C)N1C(=O)OC(C)(C)C. The van der Waals surface area contributed by atoms with E-state index in [1.807, 2.05) is 0 Å². The summed E-state index contributed by atoms with van der Waals surface area (Å²) in [5, 5.41) is 1.09. The van der Waals surface area contributed by atoms with Crippen molar-refractivity contribution in [1.82, 2.24) is 9.96 Å². The molecule has 0 N–H and O–H groups in total. The maximum Gasteiger partial charge on any atom is 0.413 e. The largest absolute Gasteiger partial charge is 0.444 e. The molecule has 0 radical (unpaired) electrons. The molecule has 1 rings (SSSR count). The van der Waals surface area contributed by atoms with E-state index < -0.39 is 29.6 Å². The Morgan fingerprint density at radius 2 is 1.81 bits per heavy atom. The second-order valence-electron chi connectivity index (χ2n) is 6.58. The quantitative estimate of drug-likeness (QED) is 0.727. The van der Waals surface area contributed by atoms with Crippen molar-refractivity contribution in [2.45, 2.75) is 65.0 Å². The molecule has 0 spiro atoms. The lowest BCUT2D eigenvalue weighted by atomic mass is 10.1. The first-order valence-corrected chi connectivity index (χ1v) is 6.92. The zero-order valence-corrected chi connectivity index (χ0v) is 14.1. The Morgan fingerprint density at radius 3 is 2.24 bits per heavy atom. The first-order valence-electron chi connectivity index (χ1n) is 6.92. The van der Waals surface area contributed by atoms with Crippen molar-refractivity contribution in [2.75, 3.05) is 14.2 Å². The van der Waals surface area contributed by atoms with Crippen LogP contribution in [0.3, 0.4) is 0 Å². The molecule has 1 aliphatic rings. The Morgan fingerprint density at radius 1 is 1.29 bits per heavy atom. The van der Waals surface area contributed by atoms with E-state index in [1.54, 1.807) is 41.5 Å². The van der Waals surface area contributed by atoms with E-state index in [4.69, 9.17) is 14.3 Å². The molecule has 0 saturated carbocycles. The Hall–Kier alpha value is -1.34. The highest BCUT2D eigenvalue weighted by atomic mass is 16.7. The van der Waals surface area contributed by atoms with Crippen LogP contribution >= 0.6 is 0 Å². The van der Waals surface area contributed by atoms with Gasteiger partial charge in [0.1, 0.15) is 17.4 Å². The van der Waals surface area contributed by atoms with Gasteiger partial charge in [0.05, 0.1) is 13.2 Å². The van der Waals surface area contributed by atoms with Crippen LogP contribution < -0.4 is 0 Å². The number of hydrogen-bond acceptors (Lipinski definition) is 5. The van der Waals surface area contributed by atoms with Gasteiger partial charge >= 0.3 is 6.09 Å². The molecule has 0 bridgehead atoms. The van der Waals surface area contributed by atoms with Gasteiger partial charge in [0.25, 0.3) is 5.91 Å². The first-order chi connectivity index (χ1) is 9.40. The van der Waals surface area contributed by atoms with E-state index in [0.717, 1.165) is 5.06 Å². The zero-order chi connectivity index (χ0) is 16.6. The second kappa shape index (κ2) is 5.81. The Bertz CT molecular complexity index is 416. The number of carbonyl (C=O) groups excluding carboxylic acids is 2. The Kier molecular flexibility index (Phi) is 4.90. The highest BCUT2D eigenvalue weighted by Gasteiger charge is 2.53. The fourth-order valence-corrected chi connectivity index (χ4v) is 2.35. The summed E-state index contributed by atoms with van der Waals surface area (Å²) < 4.78 is 11.1. The molecule has 2 amide bonds. The molecule has 1 saturated heterocycles. The van der Waals surface area contributed by atoms with E-state index in [0.29, 0.717) is 0 Å². The minimum atomic E-state index is -0.934. The van der Waals surface area contributed by atoms with Crippen LogP contribution in [0.4, 0.5) is 4.79 Å². The fourth-order valence-electron chi connectivity index (χ4n) is 2.35. The molecule has 0 aromatic heterocycles. The van der Waals surface area contributed by atoms with E-state index in [-0.39, 0.29) is 5.91 Å². The van der Waals surface area contributed by atoms with Gasteiger partial charge in [0.15, 0.2) is 0 Å². The van der Waals surface area contributed by atoms with Crippen LogP contribution in [0.25, 0.3) is 0 Å². The lowest BCUT2D eigenvalue weighted by Gasteiger charge is -2.35. The number of nitrogens with zero attached hydrogens (tertiary/aromatic N) is 2. The smallest absolute Gasteiger partial charge is 0.413 e. The van der Waals surface area contributed by atoms with Crippen LogP contribution in [0.2, 0.25) is 0 Å². The number of carbonyl (C=O) groups is 2. The molecule has 0 aromatic carbocycles. The van der Waals surface area contributed by atoms with Gasteiger partial charge in [-0.15, -0.1) is 0 Å². The van der Waals surface area contributed by atoms with Gasteiger partial charge in [-0.2, -0.15) is 0 Å². The topological polar surface area (TPSA) is 68.3 Å². The van der Waals surface area contributed by atoms with Crippen LogP contribution in [0, 0.1) is 0 Å². The van der Waals surface area contributed by atoms with Crippen molar-refractivity contribution in [3.05, 3.63) is 0 Å². The summed E-state index contributed by atoms with van der Waals surface area (Å²) in [4.78, 5) is 31.1. The molecule has 0 aromatic rings. The lowest BCUT2D eigenvalue weighted by molar-refractivity contribution is -0.174. The number of rotatable bonds is 2. The summed E-state index contributed by atoms with van der Waals surface area (Å²) in [6.07, 6.45) is -1.04. The molecule has 0 unspecified atom stereocenters. The van der Waals surface area contributed by atoms with Crippen molar-refractivity contribution in [2.24, 2.45) is 0 Å². The summed E-state index contributed by atoms with van der Waals surface area (Å²) in [7, 11) is 2.88. The standard InChI is InChI=1S/C14H26N2O5/c1-9-10(11(17)15(7)19-8)16(14(5,6)20-9)12(18)21-13(2,3)4/h9-10H,1-8H3/t9-,10-/m0/s1. The van der Waals surface area contributed by atoms with Gasteiger partial charge in [-0.1, -0.05) is 0 Å². The average Bonchev–Trinajstić information content (AvgIpc) is 2.54. The molecule has 21 heavy (non-hydrogen) atoms. The molecule has 7 nitrogen and oxygen atoms in total. The normalized spacial score (nSPS) is 24.9. The zero-order valence-electron chi connectivity index (χ0n) is 14.1. The van der Waals surface area contributed by atoms with Gasteiger partial charge < -0.3 is 9.47 Å². The second-order valence-corrected chi connectivity index (χ2v) is 6.58. The molecule has 1 heterocycles. The van der Waals surface area contributed by atoms with Crippen LogP contribution in [-0.4, -0.2) is 59.6 Å². The van der Waals surface area contributed by atoms with Gasteiger partial charge in [-0.05, 0) is 41.5 Å². The van der Waals surface area contributed by atoms with Crippen molar-refractivity contribution in [1.29, 1.82) is 0 Å². The van der Waals surface area contributed by atoms with Crippen molar-refractivity contribution in [3.8, 4) is 0 Å².